The van der Waals surface area contributed by atoms with Gasteiger partial charge in [0.05, 0.1) is 31.2 Å². The maximum Gasteiger partial charge on any atom is 0.246 e. The Labute approximate surface area is 227 Å². The van der Waals surface area contributed by atoms with Gasteiger partial charge >= 0.3 is 0 Å². The molecule has 196 valence electrons. The molecule has 0 bridgehead atoms. The average molecular weight is 528 g/mol. The Hall–Kier alpha value is -3.59. The van der Waals surface area contributed by atoms with E-state index in [2.05, 4.69) is 39.6 Å². The van der Waals surface area contributed by atoms with Crippen LogP contribution in [0.4, 0.5) is 5.82 Å². The Morgan fingerprint density at radius 1 is 1.13 bits per heavy atom. The predicted molar refractivity (Wildman–Crippen MR) is 153 cm³/mol. The van der Waals surface area contributed by atoms with Crippen molar-refractivity contribution in [2.24, 2.45) is 0 Å². The van der Waals surface area contributed by atoms with Gasteiger partial charge in [0.1, 0.15) is 17.0 Å². The Balaban J connectivity index is 1.35. The number of rotatable bonds is 10. The maximum absolute atomic E-state index is 12.7. The van der Waals surface area contributed by atoms with Crippen molar-refractivity contribution in [1.82, 2.24) is 19.8 Å². The third-order valence-electron chi connectivity index (χ3n) is 6.59. The molecule has 0 spiro atoms. The van der Waals surface area contributed by atoms with Crippen molar-refractivity contribution in [3.63, 3.8) is 0 Å². The van der Waals surface area contributed by atoms with E-state index in [9.17, 15) is 4.79 Å². The molecule has 1 amide bonds. The summed E-state index contributed by atoms with van der Waals surface area (Å²) in [5.41, 5.74) is 3.52. The van der Waals surface area contributed by atoms with Gasteiger partial charge in [-0.3, -0.25) is 4.79 Å². The SMILES string of the molecule is CN(C)CC=CC(=O)N1CCc2c(sc3ncnc(NC(COCc4ccccc4)c4ccccc4)c23)C1. The van der Waals surface area contributed by atoms with E-state index in [-0.39, 0.29) is 11.9 Å². The number of carbonyl (C=O) groups is 1. The number of amides is 1. The van der Waals surface area contributed by atoms with Crippen molar-refractivity contribution in [2.75, 3.05) is 39.1 Å². The first-order valence-corrected chi connectivity index (χ1v) is 13.7. The number of fused-ring (bicyclic) bond motifs is 3. The lowest BCUT2D eigenvalue weighted by molar-refractivity contribution is -0.126. The minimum atomic E-state index is -0.0722. The fourth-order valence-electron chi connectivity index (χ4n) is 4.64. The van der Waals surface area contributed by atoms with Gasteiger partial charge in [0.25, 0.3) is 0 Å². The van der Waals surface area contributed by atoms with Gasteiger partial charge in [-0.2, -0.15) is 0 Å². The lowest BCUT2D eigenvalue weighted by Crippen LogP contribution is -2.34. The Kier molecular flexibility index (Phi) is 8.43. The standard InChI is InChI=1S/C30H33N5O2S/c1-34(2)16-9-14-27(36)35-17-15-24-26(18-35)38-30-28(24)29(31-21-32-30)33-25(23-12-7-4-8-13-23)20-37-19-22-10-5-3-6-11-22/h3-14,21,25H,15-20H2,1-2H3,(H,31,32,33). The minimum Gasteiger partial charge on any atom is -0.374 e. The van der Waals surface area contributed by atoms with Crippen LogP contribution < -0.4 is 5.32 Å². The smallest absolute Gasteiger partial charge is 0.246 e. The number of aromatic nitrogens is 2. The van der Waals surface area contributed by atoms with E-state index < -0.39 is 0 Å². The van der Waals surface area contributed by atoms with Gasteiger partial charge in [0, 0.05) is 24.0 Å². The third-order valence-corrected chi connectivity index (χ3v) is 7.71. The number of thiophene rings is 1. The summed E-state index contributed by atoms with van der Waals surface area (Å²) in [6.45, 7) is 3.07. The number of likely N-dealkylation sites (N-methyl/N-ethyl adjacent to an activating group) is 1. The van der Waals surface area contributed by atoms with Crippen molar-refractivity contribution in [1.29, 1.82) is 0 Å². The van der Waals surface area contributed by atoms with Gasteiger partial charge in [-0.05, 0) is 37.2 Å². The number of carbonyl (C=O) groups excluding carboxylic acids is 1. The highest BCUT2D eigenvalue weighted by Crippen LogP contribution is 2.38. The van der Waals surface area contributed by atoms with Crippen molar-refractivity contribution >= 4 is 33.3 Å². The molecule has 1 aliphatic heterocycles. The highest BCUT2D eigenvalue weighted by molar-refractivity contribution is 7.19. The Morgan fingerprint density at radius 2 is 1.89 bits per heavy atom. The largest absolute Gasteiger partial charge is 0.374 e. The quantitative estimate of drug-likeness (QED) is 0.291. The molecule has 0 fully saturated rings. The van der Waals surface area contributed by atoms with Crippen LogP contribution in [-0.4, -0.2) is 59.5 Å². The first-order valence-electron chi connectivity index (χ1n) is 12.9. The lowest BCUT2D eigenvalue weighted by atomic mass is 10.0. The van der Waals surface area contributed by atoms with Crippen LogP contribution in [-0.2, 0) is 29.1 Å². The summed E-state index contributed by atoms with van der Waals surface area (Å²) in [4.78, 5) is 28.1. The maximum atomic E-state index is 12.7. The molecule has 5 rings (SSSR count). The number of anilines is 1. The molecule has 0 aliphatic carbocycles. The molecule has 1 aliphatic rings. The van der Waals surface area contributed by atoms with Crippen LogP contribution in [0.15, 0.2) is 79.1 Å². The second kappa shape index (κ2) is 12.3. The van der Waals surface area contributed by atoms with Crippen LogP contribution in [0.3, 0.4) is 0 Å². The van der Waals surface area contributed by atoms with E-state index in [0.717, 1.165) is 40.1 Å². The molecule has 0 saturated carbocycles. The fraction of sp³-hybridized carbons (Fsp3) is 0.300. The number of ether oxygens (including phenoxy) is 1. The van der Waals surface area contributed by atoms with Crippen LogP contribution in [0.2, 0.25) is 0 Å². The van der Waals surface area contributed by atoms with Gasteiger partial charge in [-0.25, -0.2) is 9.97 Å². The van der Waals surface area contributed by atoms with E-state index in [1.165, 1.54) is 10.4 Å². The molecule has 38 heavy (non-hydrogen) atoms. The van der Waals surface area contributed by atoms with E-state index in [1.54, 1.807) is 23.7 Å². The van der Waals surface area contributed by atoms with Crippen molar-refractivity contribution in [3.05, 3.63) is 101 Å². The van der Waals surface area contributed by atoms with Crippen molar-refractivity contribution in [2.45, 2.75) is 25.6 Å². The zero-order chi connectivity index (χ0) is 26.3. The molecule has 2 aromatic carbocycles. The monoisotopic (exact) mass is 527 g/mol. The van der Waals surface area contributed by atoms with Crippen molar-refractivity contribution in [3.8, 4) is 0 Å². The number of nitrogens with one attached hydrogen (secondary N) is 1. The van der Waals surface area contributed by atoms with E-state index in [1.807, 2.05) is 66.4 Å². The van der Waals surface area contributed by atoms with Gasteiger partial charge in [0.2, 0.25) is 5.91 Å². The second-order valence-corrected chi connectivity index (χ2v) is 10.8. The highest BCUT2D eigenvalue weighted by atomic mass is 32.1. The van der Waals surface area contributed by atoms with E-state index in [4.69, 9.17) is 4.74 Å². The summed E-state index contributed by atoms with van der Waals surface area (Å²) >= 11 is 1.65. The number of hydrogen-bond acceptors (Lipinski definition) is 7. The molecule has 8 heteroatoms. The van der Waals surface area contributed by atoms with Gasteiger partial charge in [-0.1, -0.05) is 66.7 Å². The van der Waals surface area contributed by atoms with Gasteiger partial charge in [0.15, 0.2) is 0 Å². The molecular formula is C30H33N5O2S. The van der Waals surface area contributed by atoms with Crippen LogP contribution in [0.25, 0.3) is 10.2 Å². The van der Waals surface area contributed by atoms with Crippen LogP contribution in [0, 0.1) is 0 Å². The molecule has 1 atom stereocenters. The summed E-state index contributed by atoms with van der Waals surface area (Å²) in [6.07, 6.45) is 6.00. The molecule has 2 aromatic heterocycles. The summed E-state index contributed by atoms with van der Waals surface area (Å²) in [6, 6.07) is 20.5. The van der Waals surface area contributed by atoms with Crippen LogP contribution in [0.5, 0.6) is 0 Å². The lowest BCUT2D eigenvalue weighted by Gasteiger charge is -2.26. The molecule has 0 radical (unpaired) electrons. The zero-order valence-electron chi connectivity index (χ0n) is 21.8. The molecule has 1 unspecified atom stereocenters. The van der Waals surface area contributed by atoms with Crippen LogP contribution in [0.1, 0.15) is 27.6 Å². The summed E-state index contributed by atoms with van der Waals surface area (Å²) in [5.74, 6) is 0.870. The topological polar surface area (TPSA) is 70.6 Å². The van der Waals surface area contributed by atoms with E-state index >= 15 is 0 Å². The first-order chi connectivity index (χ1) is 18.6. The Morgan fingerprint density at radius 3 is 2.66 bits per heavy atom. The second-order valence-electron chi connectivity index (χ2n) is 9.69. The number of nitrogens with zero attached hydrogens (tertiary/aromatic N) is 4. The zero-order valence-corrected chi connectivity index (χ0v) is 22.7. The number of hydrogen-bond donors (Lipinski definition) is 1. The Bertz CT molecular complexity index is 1390. The number of benzene rings is 2. The molecule has 1 N–H and O–H groups in total. The average Bonchev–Trinajstić information content (AvgIpc) is 3.32. The van der Waals surface area contributed by atoms with Gasteiger partial charge in [-0.15, -0.1) is 11.3 Å². The molecule has 3 heterocycles. The van der Waals surface area contributed by atoms with Crippen molar-refractivity contribution < 1.29 is 9.53 Å². The third kappa shape index (κ3) is 6.27. The summed E-state index contributed by atoms with van der Waals surface area (Å²) < 4.78 is 6.15. The summed E-state index contributed by atoms with van der Waals surface area (Å²) in [5, 5.41) is 4.73. The minimum absolute atomic E-state index is 0.0547. The van der Waals surface area contributed by atoms with Crippen LogP contribution >= 0.6 is 11.3 Å². The normalized spacial score (nSPS) is 14.2. The van der Waals surface area contributed by atoms with Gasteiger partial charge < -0.3 is 19.9 Å². The molecule has 0 saturated heterocycles. The molecular weight excluding hydrogens is 494 g/mol. The van der Waals surface area contributed by atoms with E-state index in [0.29, 0.717) is 26.3 Å². The fourth-order valence-corrected chi connectivity index (χ4v) is 5.84. The predicted octanol–water partition coefficient (Wildman–Crippen LogP) is 5.06. The molecule has 7 nitrogen and oxygen atoms in total. The molecule has 4 aromatic rings. The first kappa shape index (κ1) is 26.0. The highest BCUT2D eigenvalue weighted by Gasteiger charge is 2.26. The summed E-state index contributed by atoms with van der Waals surface area (Å²) in [7, 11) is 3.98.